The normalized spacial score (nSPS) is 10.1. The number of anilines is 3. The molecule has 0 atom stereocenters. The molecule has 4 N–H and O–H groups in total. The Balaban J connectivity index is 2.33. The summed E-state index contributed by atoms with van der Waals surface area (Å²) in [5, 5.41) is 19.6. The summed E-state index contributed by atoms with van der Waals surface area (Å²) in [5.74, 6) is -1.04. The summed E-state index contributed by atoms with van der Waals surface area (Å²) in [7, 11) is 0. The van der Waals surface area contributed by atoms with E-state index in [9.17, 15) is 4.79 Å². The molecule has 0 radical (unpaired) electrons. The Bertz CT molecular complexity index is 603. The quantitative estimate of drug-likeness (QED) is 0.785. The van der Waals surface area contributed by atoms with Crippen molar-refractivity contribution >= 4 is 34.9 Å². The second-order valence-corrected chi connectivity index (χ2v) is 3.85. The number of aromatic carboxylic acids is 1. The molecular weight excluding hydrogens is 256 g/mol. The second kappa shape index (κ2) is 4.89. The average Bonchev–Trinajstić information content (AvgIpc) is 2.34. The van der Waals surface area contributed by atoms with Gasteiger partial charge in [0.2, 0.25) is 0 Å². The zero-order chi connectivity index (χ0) is 13.1. The molecule has 0 aliphatic carbocycles. The molecule has 0 spiro atoms. The lowest BCUT2D eigenvalue weighted by Gasteiger charge is -2.07. The number of hydrogen-bond acceptors (Lipinski definition) is 5. The molecule has 18 heavy (non-hydrogen) atoms. The predicted molar refractivity (Wildman–Crippen MR) is 68.1 cm³/mol. The van der Waals surface area contributed by atoms with Crippen molar-refractivity contribution in [2.75, 3.05) is 11.1 Å². The van der Waals surface area contributed by atoms with Crippen molar-refractivity contribution in [1.29, 1.82) is 0 Å². The first-order valence-corrected chi connectivity index (χ1v) is 5.34. The number of aromatic nitrogens is 2. The van der Waals surface area contributed by atoms with Gasteiger partial charge in [-0.1, -0.05) is 23.7 Å². The summed E-state index contributed by atoms with van der Waals surface area (Å²) < 4.78 is 0. The van der Waals surface area contributed by atoms with Gasteiger partial charge >= 0.3 is 5.97 Å². The van der Waals surface area contributed by atoms with E-state index in [-0.39, 0.29) is 17.2 Å². The van der Waals surface area contributed by atoms with Gasteiger partial charge in [-0.25, -0.2) is 4.79 Å². The fourth-order valence-electron chi connectivity index (χ4n) is 1.33. The van der Waals surface area contributed by atoms with E-state index >= 15 is 0 Å². The lowest BCUT2D eigenvalue weighted by Crippen LogP contribution is -2.07. The van der Waals surface area contributed by atoms with Crippen molar-refractivity contribution in [3.63, 3.8) is 0 Å². The highest BCUT2D eigenvalue weighted by Crippen LogP contribution is 2.24. The number of nitrogen functional groups attached to an aromatic ring is 1. The van der Waals surface area contributed by atoms with E-state index in [1.807, 2.05) is 0 Å². The van der Waals surface area contributed by atoms with Crippen molar-refractivity contribution in [3.05, 3.63) is 40.9 Å². The highest BCUT2D eigenvalue weighted by Gasteiger charge is 2.11. The molecule has 0 bridgehead atoms. The Kier molecular flexibility index (Phi) is 3.29. The van der Waals surface area contributed by atoms with Crippen molar-refractivity contribution in [2.24, 2.45) is 0 Å². The van der Waals surface area contributed by atoms with Crippen molar-refractivity contribution in [2.45, 2.75) is 0 Å². The van der Waals surface area contributed by atoms with Gasteiger partial charge in [-0.15, -0.1) is 10.2 Å². The standard InChI is InChI=1S/C11H9ClN4O2/c12-7-3-1-2-4-8(7)14-9-5-6(11(17)18)10(13)16-15-9/h1-5H,(H2,13,16)(H,14,15)(H,17,18). The number of halogens is 1. The highest BCUT2D eigenvalue weighted by atomic mass is 35.5. The number of nitrogens with zero attached hydrogens (tertiary/aromatic N) is 2. The van der Waals surface area contributed by atoms with Crippen LogP contribution in [0.25, 0.3) is 0 Å². The topological polar surface area (TPSA) is 101 Å². The first-order chi connectivity index (χ1) is 8.58. The molecule has 6 nitrogen and oxygen atoms in total. The monoisotopic (exact) mass is 264 g/mol. The number of para-hydroxylation sites is 1. The number of hydrogen-bond donors (Lipinski definition) is 3. The zero-order valence-electron chi connectivity index (χ0n) is 9.09. The van der Waals surface area contributed by atoms with E-state index in [1.165, 1.54) is 6.07 Å². The Hall–Kier alpha value is -2.34. The zero-order valence-corrected chi connectivity index (χ0v) is 9.85. The van der Waals surface area contributed by atoms with E-state index < -0.39 is 5.97 Å². The van der Waals surface area contributed by atoms with Crippen LogP contribution in [-0.2, 0) is 0 Å². The van der Waals surface area contributed by atoms with Gasteiger partial charge in [0.1, 0.15) is 5.56 Å². The van der Waals surface area contributed by atoms with Gasteiger partial charge in [0, 0.05) is 6.07 Å². The van der Waals surface area contributed by atoms with Crippen molar-refractivity contribution < 1.29 is 9.90 Å². The maximum atomic E-state index is 10.9. The maximum Gasteiger partial charge on any atom is 0.339 e. The van der Waals surface area contributed by atoms with Crippen molar-refractivity contribution in [1.82, 2.24) is 10.2 Å². The van der Waals surface area contributed by atoms with Crippen LogP contribution in [0.4, 0.5) is 17.3 Å². The summed E-state index contributed by atoms with van der Waals surface area (Å²) in [5.41, 5.74) is 5.90. The Morgan fingerprint density at radius 1 is 1.33 bits per heavy atom. The number of carboxylic acid groups (broad SMARTS) is 1. The van der Waals surface area contributed by atoms with Gasteiger partial charge < -0.3 is 16.2 Å². The Morgan fingerprint density at radius 2 is 2.06 bits per heavy atom. The van der Waals surface area contributed by atoms with Crippen LogP contribution in [0.15, 0.2) is 30.3 Å². The van der Waals surface area contributed by atoms with E-state index in [0.717, 1.165) is 0 Å². The molecule has 2 rings (SSSR count). The van der Waals surface area contributed by atoms with Gasteiger partial charge in [-0.2, -0.15) is 0 Å². The highest BCUT2D eigenvalue weighted by molar-refractivity contribution is 6.33. The molecule has 0 saturated carbocycles. The van der Waals surface area contributed by atoms with Gasteiger partial charge in [0.25, 0.3) is 0 Å². The smallest absolute Gasteiger partial charge is 0.339 e. The van der Waals surface area contributed by atoms with Crippen LogP contribution in [0.2, 0.25) is 5.02 Å². The fourth-order valence-corrected chi connectivity index (χ4v) is 1.52. The number of carboxylic acids is 1. The molecule has 0 aliphatic heterocycles. The molecule has 2 aromatic rings. The predicted octanol–water partition coefficient (Wildman–Crippen LogP) is 2.15. The SMILES string of the molecule is Nc1nnc(Nc2ccccc2Cl)cc1C(=O)O. The van der Waals surface area contributed by atoms with Crippen LogP contribution < -0.4 is 11.1 Å². The molecular formula is C11H9ClN4O2. The van der Waals surface area contributed by atoms with Gasteiger partial charge in [0.05, 0.1) is 10.7 Å². The average molecular weight is 265 g/mol. The second-order valence-electron chi connectivity index (χ2n) is 3.44. The number of nitrogens with one attached hydrogen (secondary N) is 1. The molecule has 0 fully saturated rings. The molecule has 0 amide bonds. The third kappa shape index (κ3) is 2.49. The van der Waals surface area contributed by atoms with Crippen LogP contribution in [-0.4, -0.2) is 21.3 Å². The van der Waals surface area contributed by atoms with Crippen LogP contribution in [0.1, 0.15) is 10.4 Å². The van der Waals surface area contributed by atoms with Crippen molar-refractivity contribution in [3.8, 4) is 0 Å². The van der Waals surface area contributed by atoms with Gasteiger partial charge in [0.15, 0.2) is 11.6 Å². The lowest BCUT2D eigenvalue weighted by molar-refractivity contribution is 0.0697. The summed E-state index contributed by atoms with van der Waals surface area (Å²) in [4.78, 5) is 10.9. The van der Waals surface area contributed by atoms with E-state index in [4.69, 9.17) is 22.4 Å². The van der Waals surface area contributed by atoms with Crippen LogP contribution in [0, 0.1) is 0 Å². The number of carbonyl (C=O) groups is 1. The number of nitrogens with two attached hydrogens (primary N) is 1. The molecule has 0 unspecified atom stereocenters. The van der Waals surface area contributed by atoms with Crippen LogP contribution >= 0.6 is 11.6 Å². The number of benzene rings is 1. The summed E-state index contributed by atoms with van der Waals surface area (Å²) in [6.07, 6.45) is 0. The van der Waals surface area contributed by atoms with E-state index in [1.54, 1.807) is 24.3 Å². The lowest BCUT2D eigenvalue weighted by atomic mass is 10.2. The maximum absolute atomic E-state index is 10.9. The largest absolute Gasteiger partial charge is 0.478 e. The van der Waals surface area contributed by atoms with E-state index in [2.05, 4.69) is 15.5 Å². The summed E-state index contributed by atoms with van der Waals surface area (Å²) in [6.45, 7) is 0. The minimum atomic E-state index is -1.16. The van der Waals surface area contributed by atoms with Crippen LogP contribution in [0.3, 0.4) is 0 Å². The van der Waals surface area contributed by atoms with Gasteiger partial charge in [-0.05, 0) is 12.1 Å². The molecule has 1 aromatic heterocycles. The molecule has 1 aromatic carbocycles. The molecule has 0 aliphatic rings. The first-order valence-electron chi connectivity index (χ1n) is 4.96. The minimum Gasteiger partial charge on any atom is -0.478 e. The Morgan fingerprint density at radius 3 is 2.72 bits per heavy atom. The number of rotatable bonds is 3. The third-order valence-electron chi connectivity index (χ3n) is 2.19. The molecule has 7 heteroatoms. The Labute approximate surface area is 107 Å². The van der Waals surface area contributed by atoms with E-state index in [0.29, 0.717) is 10.7 Å². The minimum absolute atomic E-state index is 0.112. The molecule has 92 valence electrons. The summed E-state index contributed by atoms with van der Waals surface area (Å²) >= 11 is 5.96. The molecule has 0 saturated heterocycles. The van der Waals surface area contributed by atoms with Crippen LogP contribution in [0.5, 0.6) is 0 Å². The summed E-state index contributed by atoms with van der Waals surface area (Å²) in [6, 6.07) is 8.31. The third-order valence-corrected chi connectivity index (χ3v) is 2.52. The first kappa shape index (κ1) is 12.1. The molecule has 1 heterocycles. The van der Waals surface area contributed by atoms with Gasteiger partial charge in [-0.3, -0.25) is 0 Å². The fraction of sp³-hybridized carbons (Fsp3) is 0.